The zero-order chi connectivity index (χ0) is 17.6. The van der Waals surface area contributed by atoms with E-state index in [0.717, 1.165) is 21.7 Å². The first-order valence-electron chi connectivity index (χ1n) is 7.12. The van der Waals surface area contributed by atoms with Crippen molar-refractivity contribution < 1.29 is 13.2 Å². The van der Waals surface area contributed by atoms with Crippen LogP contribution in [0.1, 0.15) is 11.1 Å². The van der Waals surface area contributed by atoms with Gasteiger partial charge in [-0.25, -0.2) is 13.8 Å². The lowest BCUT2D eigenvalue weighted by Gasteiger charge is -2.21. The minimum atomic E-state index is -3.59. The number of amides is 1. The van der Waals surface area contributed by atoms with Crippen molar-refractivity contribution in [3.8, 4) is 0 Å². The molecule has 0 saturated carbocycles. The first kappa shape index (κ1) is 17.6. The molecule has 7 nitrogen and oxygen atoms in total. The number of hydrogen-bond donors (Lipinski definition) is 1. The monoisotopic (exact) mass is 346 g/mol. The van der Waals surface area contributed by atoms with Gasteiger partial charge in [-0.2, -0.15) is 5.10 Å². The van der Waals surface area contributed by atoms with E-state index in [2.05, 4.69) is 15.5 Å². The fourth-order valence-corrected chi connectivity index (χ4v) is 2.83. The predicted octanol–water partition coefficient (Wildman–Crippen LogP) is 1.31. The molecule has 126 valence electrons. The molecule has 0 spiro atoms. The first-order valence-corrected chi connectivity index (χ1v) is 8.97. The zero-order valence-corrected chi connectivity index (χ0v) is 14.2. The van der Waals surface area contributed by atoms with E-state index in [1.165, 1.54) is 6.21 Å². The maximum atomic E-state index is 12.0. The molecule has 0 aliphatic rings. The van der Waals surface area contributed by atoms with Crippen molar-refractivity contribution >= 4 is 27.8 Å². The van der Waals surface area contributed by atoms with Crippen LogP contribution < -0.4 is 9.73 Å². The van der Waals surface area contributed by atoms with Crippen LogP contribution in [-0.2, 0) is 14.8 Å². The highest BCUT2D eigenvalue weighted by Crippen LogP contribution is 2.18. The molecule has 0 radical (unpaired) electrons. The van der Waals surface area contributed by atoms with Crippen LogP contribution in [0.4, 0.5) is 5.69 Å². The number of aromatic nitrogens is 1. The number of carbonyl (C=O) groups excluding carboxylic acids is 1. The van der Waals surface area contributed by atoms with Gasteiger partial charge in [-0.1, -0.05) is 12.1 Å². The number of aryl methyl sites for hydroxylation is 1. The second-order valence-electron chi connectivity index (χ2n) is 5.18. The lowest BCUT2D eigenvalue weighted by Crippen LogP contribution is -2.39. The van der Waals surface area contributed by atoms with Gasteiger partial charge in [0.25, 0.3) is 5.91 Å². The van der Waals surface area contributed by atoms with Crippen molar-refractivity contribution in [3.05, 3.63) is 59.9 Å². The third kappa shape index (κ3) is 5.17. The van der Waals surface area contributed by atoms with Crippen LogP contribution in [0, 0.1) is 6.92 Å². The standard InChI is InChI=1S/C16H18N4O3S/c1-13-4-3-5-15(10-13)20(24(2,22)23)12-16(21)19-18-11-14-6-8-17-9-7-14/h3-11H,12H2,1-2H3,(H,19,21)/b18-11-. The molecule has 1 amide bonds. The Morgan fingerprint density at radius 1 is 1.29 bits per heavy atom. The molecule has 1 N–H and O–H groups in total. The summed E-state index contributed by atoms with van der Waals surface area (Å²) in [6.07, 6.45) is 5.72. The fourth-order valence-electron chi connectivity index (χ4n) is 1.98. The van der Waals surface area contributed by atoms with Gasteiger partial charge in [-0.15, -0.1) is 0 Å². The second-order valence-corrected chi connectivity index (χ2v) is 7.09. The molecule has 0 aliphatic heterocycles. The van der Waals surface area contributed by atoms with Gasteiger partial charge in [0.2, 0.25) is 10.0 Å². The Balaban J connectivity index is 2.07. The Bertz CT molecular complexity index is 835. The van der Waals surface area contributed by atoms with Crippen LogP contribution in [0.15, 0.2) is 53.9 Å². The van der Waals surface area contributed by atoms with E-state index in [4.69, 9.17) is 0 Å². The number of hydrazone groups is 1. The minimum absolute atomic E-state index is 0.351. The van der Waals surface area contributed by atoms with Crippen molar-refractivity contribution in [1.29, 1.82) is 0 Å². The zero-order valence-electron chi connectivity index (χ0n) is 13.4. The molecule has 1 heterocycles. The van der Waals surface area contributed by atoms with Gasteiger partial charge in [0.1, 0.15) is 6.54 Å². The summed E-state index contributed by atoms with van der Waals surface area (Å²) in [5.41, 5.74) is 4.43. The number of hydrogen-bond acceptors (Lipinski definition) is 5. The molecule has 0 aliphatic carbocycles. The van der Waals surface area contributed by atoms with Crippen LogP contribution in [0.5, 0.6) is 0 Å². The van der Waals surface area contributed by atoms with E-state index in [1.807, 2.05) is 13.0 Å². The molecule has 0 saturated heterocycles. The number of anilines is 1. The third-order valence-corrected chi connectivity index (χ3v) is 4.23. The Kier molecular flexibility index (Phi) is 5.64. The maximum Gasteiger partial charge on any atom is 0.260 e. The van der Waals surface area contributed by atoms with Crippen LogP contribution >= 0.6 is 0 Å². The van der Waals surface area contributed by atoms with Gasteiger partial charge in [-0.3, -0.25) is 14.1 Å². The molecule has 0 atom stereocenters. The summed E-state index contributed by atoms with van der Waals surface area (Å²) in [5, 5.41) is 3.81. The van der Waals surface area contributed by atoms with E-state index >= 15 is 0 Å². The molecular weight excluding hydrogens is 328 g/mol. The molecule has 2 rings (SSSR count). The third-order valence-electron chi connectivity index (χ3n) is 3.09. The van der Waals surface area contributed by atoms with Gasteiger partial charge >= 0.3 is 0 Å². The van der Waals surface area contributed by atoms with Crippen molar-refractivity contribution in [2.45, 2.75) is 6.92 Å². The maximum absolute atomic E-state index is 12.0. The summed E-state index contributed by atoms with van der Waals surface area (Å²) >= 11 is 0. The highest BCUT2D eigenvalue weighted by atomic mass is 32.2. The van der Waals surface area contributed by atoms with Gasteiger partial charge in [0.05, 0.1) is 18.2 Å². The number of pyridine rings is 1. The number of sulfonamides is 1. The Morgan fingerprint density at radius 3 is 2.62 bits per heavy atom. The van der Waals surface area contributed by atoms with Crippen LogP contribution in [0.3, 0.4) is 0 Å². The molecule has 8 heteroatoms. The van der Waals surface area contributed by atoms with E-state index in [9.17, 15) is 13.2 Å². The quantitative estimate of drug-likeness (QED) is 0.630. The highest BCUT2D eigenvalue weighted by molar-refractivity contribution is 7.92. The molecule has 0 fully saturated rings. The van der Waals surface area contributed by atoms with Crippen molar-refractivity contribution in [2.24, 2.45) is 5.10 Å². The minimum Gasteiger partial charge on any atom is -0.271 e. The van der Waals surface area contributed by atoms with Crippen LogP contribution in [-0.4, -0.2) is 38.3 Å². The van der Waals surface area contributed by atoms with Crippen molar-refractivity contribution in [2.75, 3.05) is 17.1 Å². The Morgan fingerprint density at radius 2 is 2.00 bits per heavy atom. The van der Waals surface area contributed by atoms with Gasteiger partial charge < -0.3 is 0 Å². The lowest BCUT2D eigenvalue weighted by atomic mass is 10.2. The van der Waals surface area contributed by atoms with Crippen molar-refractivity contribution in [1.82, 2.24) is 10.4 Å². The fraction of sp³-hybridized carbons (Fsp3) is 0.188. The van der Waals surface area contributed by atoms with E-state index in [0.29, 0.717) is 5.69 Å². The Labute approximate surface area is 141 Å². The highest BCUT2D eigenvalue weighted by Gasteiger charge is 2.20. The van der Waals surface area contributed by atoms with Gasteiger partial charge in [-0.05, 0) is 42.3 Å². The van der Waals surface area contributed by atoms with Crippen LogP contribution in [0.2, 0.25) is 0 Å². The normalized spacial score (nSPS) is 11.4. The number of carbonyl (C=O) groups is 1. The molecular formula is C16H18N4O3S. The molecule has 1 aromatic carbocycles. The van der Waals surface area contributed by atoms with Crippen molar-refractivity contribution in [3.63, 3.8) is 0 Å². The van der Waals surface area contributed by atoms with E-state index in [1.54, 1.807) is 42.7 Å². The predicted molar refractivity (Wildman–Crippen MR) is 93.3 cm³/mol. The van der Waals surface area contributed by atoms with Gasteiger partial charge in [0.15, 0.2) is 0 Å². The smallest absolute Gasteiger partial charge is 0.260 e. The molecule has 24 heavy (non-hydrogen) atoms. The lowest BCUT2D eigenvalue weighted by molar-refractivity contribution is -0.119. The summed E-state index contributed by atoms with van der Waals surface area (Å²) in [6.45, 7) is 1.50. The van der Waals surface area contributed by atoms with Gasteiger partial charge in [0, 0.05) is 12.4 Å². The van der Waals surface area contributed by atoms with E-state index in [-0.39, 0.29) is 6.54 Å². The van der Waals surface area contributed by atoms with Crippen LogP contribution in [0.25, 0.3) is 0 Å². The number of nitrogens with one attached hydrogen (secondary N) is 1. The average Bonchev–Trinajstić information content (AvgIpc) is 2.52. The SMILES string of the molecule is Cc1cccc(N(CC(=O)N/N=C\c2ccncc2)S(C)(=O)=O)c1. The molecule has 0 bridgehead atoms. The second kappa shape index (κ2) is 7.69. The molecule has 1 aromatic heterocycles. The summed E-state index contributed by atoms with van der Waals surface area (Å²) < 4.78 is 25.0. The molecule has 2 aromatic rings. The summed E-state index contributed by atoms with van der Waals surface area (Å²) in [4.78, 5) is 15.9. The molecule has 0 unspecified atom stereocenters. The number of nitrogens with zero attached hydrogens (tertiary/aromatic N) is 3. The average molecular weight is 346 g/mol. The number of benzene rings is 1. The summed E-state index contributed by atoms with van der Waals surface area (Å²) in [6, 6.07) is 10.4. The topological polar surface area (TPSA) is 91.7 Å². The van der Waals surface area contributed by atoms with E-state index < -0.39 is 15.9 Å². The Hall–Kier alpha value is -2.74. The number of rotatable bonds is 6. The summed E-state index contributed by atoms with van der Waals surface area (Å²) in [7, 11) is -3.59. The summed E-state index contributed by atoms with van der Waals surface area (Å²) in [5.74, 6) is -0.535. The first-order chi connectivity index (χ1) is 11.4. The largest absolute Gasteiger partial charge is 0.271 e.